The van der Waals surface area contributed by atoms with E-state index >= 15 is 0 Å². The van der Waals surface area contributed by atoms with Gasteiger partial charge >= 0.3 is 5.69 Å². The zero-order valence-electron chi connectivity index (χ0n) is 17.8. The number of aromatic nitrogens is 2. The van der Waals surface area contributed by atoms with Crippen LogP contribution in [-0.4, -0.2) is 34.3 Å². The summed E-state index contributed by atoms with van der Waals surface area (Å²) in [4.78, 5) is 18.9. The minimum absolute atomic E-state index is 0.0131. The Morgan fingerprint density at radius 3 is 2.97 bits per heavy atom. The van der Waals surface area contributed by atoms with Gasteiger partial charge in [-0.1, -0.05) is 17.7 Å². The first kappa shape index (κ1) is 21.0. The van der Waals surface area contributed by atoms with Gasteiger partial charge < -0.3 is 19.1 Å². The Morgan fingerprint density at radius 2 is 2.18 bits per heavy atom. The average Bonchev–Trinajstić information content (AvgIpc) is 3.49. The minimum Gasteiger partial charge on any atom is -0.473 e. The molecule has 3 aromatic rings. The molecule has 0 unspecified atom stereocenters. The Bertz CT molecular complexity index is 1420. The van der Waals surface area contributed by atoms with Crippen molar-refractivity contribution >= 4 is 17.4 Å². The Morgan fingerprint density at radius 1 is 1.29 bits per heavy atom. The van der Waals surface area contributed by atoms with Gasteiger partial charge in [0.25, 0.3) is 0 Å². The number of morpholine rings is 1. The first-order valence-corrected chi connectivity index (χ1v) is 11.1. The van der Waals surface area contributed by atoms with Gasteiger partial charge in [0.15, 0.2) is 0 Å². The van der Waals surface area contributed by atoms with Crippen LogP contribution < -0.4 is 20.1 Å². The summed E-state index contributed by atoms with van der Waals surface area (Å²) in [6.45, 7) is 2.06. The summed E-state index contributed by atoms with van der Waals surface area (Å²) in [5.74, 6) is 0.924. The van der Waals surface area contributed by atoms with Crippen molar-refractivity contribution in [3.05, 3.63) is 74.9 Å². The van der Waals surface area contributed by atoms with Gasteiger partial charge in [-0.3, -0.25) is 4.57 Å². The van der Waals surface area contributed by atoms with E-state index in [1.165, 1.54) is 12.1 Å². The molecular weight excluding hydrogens is 463 g/mol. The van der Waals surface area contributed by atoms with Crippen molar-refractivity contribution in [2.45, 2.75) is 31.2 Å². The van der Waals surface area contributed by atoms with Crippen LogP contribution in [-0.2, 0) is 17.9 Å². The van der Waals surface area contributed by atoms with E-state index < -0.39 is 5.82 Å². The first-order valence-electron chi connectivity index (χ1n) is 10.7. The van der Waals surface area contributed by atoms with Crippen molar-refractivity contribution in [1.29, 1.82) is 5.26 Å². The predicted octanol–water partition coefficient (Wildman–Crippen LogP) is 3.64. The van der Waals surface area contributed by atoms with E-state index in [4.69, 9.17) is 25.8 Å². The largest absolute Gasteiger partial charge is 0.473 e. The Balaban J connectivity index is 1.19. The molecule has 1 spiro atoms. The van der Waals surface area contributed by atoms with Crippen LogP contribution in [0.15, 0.2) is 47.3 Å². The molecule has 0 aliphatic carbocycles. The number of nitrogens with zero attached hydrogens (tertiary/aromatic N) is 4. The van der Waals surface area contributed by atoms with Crippen molar-refractivity contribution < 1.29 is 18.6 Å². The molecule has 10 heteroatoms. The number of ether oxygens (including phenoxy) is 3. The molecular formula is C24H18ClFN4O4. The van der Waals surface area contributed by atoms with Gasteiger partial charge in [-0.25, -0.2) is 9.18 Å². The smallest absolute Gasteiger partial charge is 0.352 e. The number of fused-ring (bicyclic) bond motifs is 3. The van der Waals surface area contributed by atoms with Crippen molar-refractivity contribution in [2.24, 2.45) is 0 Å². The number of benzene rings is 2. The topological polar surface area (TPSA) is 89.6 Å². The van der Waals surface area contributed by atoms with Crippen LogP contribution in [0.2, 0.25) is 5.02 Å². The molecule has 34 heavy (non-hydrogen) atoms. The predicted molar refractivity (Wildman–Crippen MR) is 120 cm³/mol. The summed E-state index contributed by atoms with van der Waals surface area (Å²) < 4.78 is 32.6. The van der Waals surface area contributed by atoms with Crippen molar-refractivity contribution in [3.63, 3.8) is 0 Å². The van der Waals surface area contributed by atoms with E-state index in [-0.39, 0.29) is 51.9 Å². The Hall–Kier alpha value is -3.61. The highest BCUT2D eigenvalue weighted by Crippen LogP contribution is 2.46. The van der Waals surface area contributed by atoms with Crippen LogP contribution >= 0.6 is 11.6 Å². The highest BCUT2D eigenvalue weighted by Gasteiger charge is 2.56. The lowest BCUT2D eigenvalue weighted by Gasteiger charge is -2.32. The van der Waals surface area contributed by atoms with Gasteiger partial charge in [-0.15, -0.1) is 0 Å². The third-order valence-electron chi connectivity index (χ3n) is 6.52. The molecule has 0 saturated carbocycles. The molecule has 2 saturated heterocycles. The Labute approximate surface area is 198 Å². The number of rotatable bonds is 5. The molecule has 8 nitrogen and oxygen atoms in total. The lowest BCUT2D eigenvalue weighted by atomic mass is 10.0. The average molecular weight is 481 g/mol. The third kappa shape index (κ3) is 3.38. The molecule has 4 heterocycles. The molecule has 3 aliphatic rings. The summed E-state index contributed by atoms with van der Waals surface area (Å²) in [5.41, 5.74) is 0.449. The maximum Gasteiger partial charge on any atom is 0.352 e. The molecule has 2 bridgehead atoms. The molecule has 2 fully saturated rings. The number of nitriles is 1. The van der Waals surface area contributed by atoms with Crippen LogP contribution in [0.5, 0.6) is 17.4 Å². The van der Waals surface area contributed by atoms with Crippen LogP contribution in [0.4, 0.5) is 10.2 Å². The maximum atomic E-state index is 13.7. The molecule has 0 radical (unpaired) electrons. The second-order valence-electron chi connectivity index (χ2n) is 8.70. The van der Waals surface area contributed by atoms with Gasteiger partial charge in [0.2, 0.25) is 5.88 Å². The zero-order chi connectivity index (χ0) is 23.4. The van der Waals surface area contributed by atoms with Crippen LogP contribution in [0, 0.1) is 17.1 Å². The van der Waals surface area contributed by atoms with Gasteiger partial charge in [0.1, 0.15) is 35.8 Å². The van der Waals surface area contributed by atoms with Crippen LogP contribution in [0.1, 0.15) is 17.5 Å². The zero-order valence-corrected chi connectivity index (χ0v) is 18.6. The molecule has 172 valence electrons. The number of hydrogen-bond donors (Lipinski definition) is 0. The quantitative estimate of drug-likeness (QED) is 0.550. The monoisotopic (exact) mass is 480 g/mol. The van der Waals surface area contributed by atoms with Gasteiger partial charge in [-0.05, 0) is 29.8 Å². The van der Waals surface area contributed by atoms with Crippen molar-refractivity contribution in [2.75, 3.05) is 18.1 Å². The lowest BCUT2D eigenvalue weighted by Crippen LogP contribution is -2.46. The highest BCUT2D eigenvalue weighted by molar-refractivity contribution is 6.30. The van der Waals surface area contributed by atoms with Gasteiger partial charge in [-0.2, -0.15) is 10.2 Å². The summed E-state index contributed by atoms with van der Waals surface area (Å²) in [6.07, 6.45) is 1.12. The van der Waals surface area contributed by atoms with Crippen LogP contribution in [0.3, 0.4) is 0 Å². The maximum absolute atomic E-state index is 13.7. The van der Waals surface area contributed by atoms with Crippen LogP contribution in [0.25, 0.3) is 0 Å². The van der Waals surface area contributed by atoms with Gasteiger partial charge in [0, 0.05) is 25.1 Å². The van der Waals surface area contributed by atoms with E-state index in [1.54, 1.807) is 28.8 Å². The third-order valence-corrected chi connectivity index (χ3v) is 6.83. The molecule has 2 aromatic carbocycles. The fraction of sp³-hybridized carbons (Fsp3) is 0.292. The van der Waals surface area contributed by atoms with E-state index in [9.17, 15) is 14.4 Å². The number of anilines is 1. The summed E-state index contributed by atoms with van der Waals surface area (Å²) in [7, 11) is 0. The van der Waals surface area contributed by atoms with E-state index in [2.05, 4.69) is 16.0 Å². The SMILES string of the molecule is N#Cc1cc(COc2cc3n(c(=O)n2)C[C@]24CO[C@H](CN32)C4)ccc1Oc1ccc(Cl)c(F)c1. The van der Waals surface area contributed by atoms with E-state index in [0.717, 1.165) is 24.8 Å². The molecule has 3 aliphatic heterocycles. The molecule has 1 aromatic heterocycles. The lowest BCUT2D eigenvalue weighted by molar-refractivity contribution is 0.0856. The normalized spacial score (nSPS) is 21.8. The highest BCUT2D eigenvalue weighted by atomic mass is 35.5. The number of halogens is 2. The fourth-order valence-electron chi connectivity index (χ4n) is 4.93. The van der Waals surface area contributed by atoms with Crippen molar-refractivity contribution in [1.82, 2.24) is 9.55 Å². The Kier molecular flexibility index (Phi) is 4.76. The standard InChI is InChI=1S/C24H18ClFN4O4/c25-18-3-2-16(6-19(18)26)34-20-4-1-14(5-15(20)9-27)11-32-21-7-22-29(23(31)28-21)12-24-8-17(33-13-24)10-30(22)24/h1-7,17H,8,10-13H2/t17-,24+/m0/s1. The summed E-state index contributed by atoms with van der Waals surface area (Å²) in [5, 5.41) is 9.53. The summed E-state index contributed by atoms with van der Waals surface area (Å²) >= 11 is 5.70. The molecule has 0 amide bonds. The fourth-order valence-corrected chi connectivity index (χ4v) is 5.05. The molecule has 6 rings (SSSR count). The molecule has 0 N–H and O–H groups in total. The van der Waals surface area contributed by atoms with E-state index in [0.29, 0.717) is 18.7 Å². The minimum atomic E-state index is -0.611. The van der Waals surface area contributed by atoms with Crippen molar-refractivity contribution in [3.8, 4) is 23.4 Å². The number of hydrogen-bond acceptors (Lipinski definition) is 7. The second-order valence-corrected chi connectivity index (χ2v) is 9.11. The summed E-state index contributed by atoms with van der Waals surface area (Å²) in [6, 6.07) is 12.9. The first-order chi connectivity index (χ1) is 16.4. The van der Waals surface area contributed by atoms with E-state index in [1.807, 2.05) is 0 Å². The second kappa shape index (κ2) is 7.72. The van der Waals surface area contributed by atoms with Gasteiger partial charge in [0.05, 0.1) is 35.4 Å². The molecule has 2 atom stereocenters.